The number of benzene rings is 1. The van der Waals surface area contributed by atoms with Crippen molar-refractivity contribution >= 4 is 39.2 Å². The summed E-state index contributed by atoms with van der Waals surface area (Å²) in [5.74, 6) is 1.71. The second-order valence-electron chi connectivity index (χ2n) is 8.46. The quantitative estimate of drug-likeness (QED) is 0.291. The Morgan fingerprint density at radius 2 is 1.97 bits per heavy atom. The Morgan fingerprint density at radius 1 is 1.18 bits per heavy atom. The molecule has 0 unspecified atom stereocenters. The van der Waals surface area contributed by atoms with Crippen LogP contribution in [0.5, 0.6) is 0 Å². The molecular formula is C25H25N3O3S2. The van der Waals surface area contributed by atoms with Gasteiger partial charge < -0.3 is 9.32 Å². The van der Waals surface area contributed by atoms with Crippen LogP contribution in [0.4, 0.5) is 0 Å². The third-order valence-corrected chi connectivity index (χ3v) is 8.05. The van der Waals surface area contributed by atoms with E-state index < -0.39 is 0 Å². The normalized spacial score (nSPS) is 12.9. The van der Waals surface area contributed by atoms with Gasteiger partial charge in [0.2, 0.25) is 5.91 Å². The first-order chi connectivity index (χ1) is 15.9. The molecule has 3 aromatic heterocycles. The van der Waals surface area contributed by atoms with Gasteiger partial charge in [0.05, 0.1) is 23.4 Å². The minimum atomic E-state index is -0.0486. The lowest BCUT2D eigenvalue weighted by atomic mass is 10.2. The van der Waals surface area contributed by atoms with Gasteiger partial charge in [0, 0.05) is 11.9 Å². The van der Waals surface area contributed by atoms with Crippen molar-refractivity contribution in [2.24, 2.45) is 0 Å². The van der Waals surface area contributed by atoms with Crippen LogP contribution in [0.3, 0.4) is 0 Å². The minimum absolute atomic E-state index is 0.0439. The number of hydrogen-bond donors (Lipinski definition) is 0. The monoisotopic (exact) mass is 479 g/mol. The van der Waals surface area contributed by atoms with Crippen molar-refractivity contribution in [2.75, 3.05) is 12.8 Å². The van der Waals surface area contributed by atoms with E-state index in [4.69, 9.17) is 9.40 Å². The predicted octanol–water partition coefficient (Wildman–Crippen LogP) is 4.90. The average Bonchev–Trinajstić information content (AvgIpc) is 3.49. The number of carbonyl (C=O) groups is 1. The summed E-state index contributed by atoms with van der Waals surface area (Å²) in [7, 11) is 1.76. The molecule has 6 nitrogen and oxygen atoms in total. The molecular weight excluding hydrogens is 454 g/mol. The molecule has 0 saturated heterocycles. The van der Waals surface area contributed by atoms with Gasteiger partial charge in [-0.25, -0.2) is 4.98 Å². The molecule has 1 amide bonds. The number of thiophene rings is 1. The van der Waals surface area contributed by atoms with Crippen molar-refractivity contribution in [3.05, 3.63) is 74.3 Å². The fourth-order valence-corrected chi connectivity index (χ4v) is 6.43. The van der Waals surface area contributed by atoms with Gasteiger partial charge in [-0.1, -0.05) is 29.5 Å². The highest BCUT2D eigenvalue weighted by molar-refractivity contribution is 7.99. The van der Waals surface area contributed by atoms with Crippen LogP contribution in [0.25, 0.3) is 15.9 Å². The van der Waals surface area contributed by atoms with Gasteiger partial charge in [-0.05, 0) is 62.9 Å². The zero-order chi connectivity index (χ0) is 23.1. The Balaban J connectivity index is 1.47. The lowest BCUT2D eigenvalue weighted by Gasteiger charge is -2.17. The van der Waals surface area contributed by atoms with Gasteiger partial charge in [-0.15, -0.1) is 11.3 Å². The van der Waals surface area contributed by atoms with E-state index in [9.17, 15) is 9.59 Å². The van der Waals surface area contributed by atoms with Crippen molar-refractivity contribution in [1.82, 2.24) is 14.5 Å². The summed E-state index contributed by atoms with van der Waals surface area (Å²) in [6, 6.07) is 11.6. The number of furan rings is 1. The molecule has 0 spiro atoms. The molecule has 0 fully saturated rings. The predicted molar refractivity (Wildman–Crippen MR) is 133 cm³/mol. The Morgan fingerprint density at radius 3 is 2.70 bits per heavy atom. The van der Waals surface area contributed by atoms with Gasteiger partial charge >= 0.3 is 0 Å². The molecule has 3 heterocycles. The minimum Gasteiger partial charge on any atom is -0.464 e. The summed E-state index contributed by atoms with van der Waals surface area (Å²) < 4.78 is 7.26. The maximum Gasteiger partial charge on any atom is 0.267 e. The highest BCUT2D eigenvalue weighted by atomic mass is 32.2. The molecule has 0 aliphatic heterocycles. The molecule has 0 radical (unpaired) electrons. The summed E-state index contributed by atoms with van der Waals surface area (Å²) in [4.78, 5) is 35.1. The number of rotatable bonds is 6. The molecule has 8 heteroatoms. The highest BCUT2D eigenvalue weighted by Gasteiger charge is 2.24. The lowest BCUT2D eigenvalue weighted by molar-refractivity contribution is -0.127. The van der Waals surface area contributed by atoms with E-state index in [0.717, 1.165) is 57.8 Å². The first-order valence-electron chi connectivity index (χ1n) is 11.0. The maximum atomic E-state index is 13.7. The smallest absolute Gasteiger partial charge is 0.267 e. The lowest BCUT2D eigenvalue weighted by Crippen LogP contribution is -2.28. The standard InChI is InChI=1S/C25H25N3O3S2/c1-15-7-10-17(11-8-15)28-24(30)22-19-5-4-6-20(19)33-23(22)26-25(28)32-14-21(29)27(3)13-18-12-9-16(2)31-18/h7-12H,4-6,13-14H2,1-3H3. The number of hydrogen-bond acceptors (Lipinski definition) is 6. The van der Waals surface area contributed by atoms with Crippen molar-refractivity contribution in [3.8, 4) is 5.69 Å². The van der Waals surface area contributed by atoms with Crippen LogP contribution in [0.15, 0.2) is 50.8 Å². The molecule has 33 heavy (non-hydrogen) atoms. The maximum absolute atomic E-state index is 13.7. The third kappa shape index (κ3) is 4.25. The van der Waals surface area contributed by atoms with E-state index in [0.29, 0.717) is 11.7 Å². The van der Waals surface area contributed by atoms with E-state index in [-0.39, 0.29) is 17.2 Å². The summed E-state index contributed by atoms with van der Waals surface area (Å²) in [6.07, 6.45) is 3.04. The summed E-state index contributed by atoms with van der Waals surface area (Å²) in [6.45, 7) is 4.31. The Kier molecular flexibility index (Phi) is 5.88. The molecule has 1 aliphatic carbocycles. The number of aromatic nitrogens is 2. The zero-order valence-corrected chi connectivity index (χ0v) is 20.5. The fourth-order valence-electron chi connectivity index (χ4n) is 4.17. The van der Waals surface area contributed by atoms with Crippen LogP contribution in [0, 0.1) is 13.8 Å². The Hall–Kier alpha value is -2.84. The average molecular weight is 480 g/mol. The van der Waals surface area contributed by atoms with Crippen molar-refractivity contribution in [3.63, 3.8) is 0 Å². The zero-order valence-electron chi connectivity index (χ0n) is 18.9. The van der Waals surface area contributed by atoms with Crippen LogP contribution in [0.2, 0.25) is 0 Å². The van der Waals surface area contributed by atoms with Crippen LogP contribution in [-0.2, 0) is 24.2 Å². The van der Waals surface area contributed by atoms with E-state index >= 15 is 0 Å². The SMILES string of the molecule is Cc1ccc(-n2c(SCC(=O)N(C)Cc3ccc(C)o3)nc3sc4c(c3c2=O)CCC4)cc1. The number of nitrogens with zero attached hydrogens (tertiary/aromatic N) is 3. The molecule has 1 aromatic carbocycles. The van der Waals surface area contributed by atoms with Gasteiger partial charge in [0.25, 0.3) is 5.56 Å². The van der Waals surface area contributed by atoms with E-state index in [1.165, 1.54) is 16.6 Å². The van der Waals surface area contributed by atoms with Gasteiger partial charge in [-0.2, -0.15) is 0 Å². The van der Waals surface area contributed by atoms with E-state index in [1.807, 2.05) is 50.2 Å². The highest BCUT2D eigenvalue weighted by Crippen LogP contribution is 2.36. The second-order valence-corrected chi connectivity index (χ2v) is 10.5. The van der Waals surface area contributed by atoms with Gasteiger partial charge in [0.15, 0.2) is 5.16 Å². The molecule has 0 bridgehead atoms. The molecule has 0 atom stereocenters. The molecule has 1 aliphatic rings. The number of carbonyl (C=O) groups excluding carboxylic acids is 1. The van der Waals surface area contributed by atoms with Crippen molar-refractivity contribution in [2.45, 2.75) is 44.8 Å². The summed E-state index contributed by atoms with van der Waals surface area (Å²) in [5, 5.41) is 1.29. The topological polar surface area (TPSA) is 68.3 Å². The Labute approximate surface area is 200 Å². The van der Waals surface area contributed by atoms with Crippen LogP contribution in [-0.4, -0.2) is 33.2 Å². The Bertz CT molecular complexity index is 1400. The van der Waals surface area contributed by atoms with Gasteiger partial charge in [-0.3, -0.25) is 14.2 Å². The molecule has 5 rings (SSSR count). The fraction of sp³-hybridized carbons (Fsp3) is 0.320. The van der Waals surface area contributed by atoms with Crippen LogP contribution < -0.4 is 5.56 Å². The number of fused-ring (bicyclic) bond motifs is 3. The number of thioether (sulfide) groups is 1. The van der Waals surface area contributed by atoms with Gasteiger partial charge in [0.1, 0.15) is 16.4 Å². The summed E-state index contributed by atoms with van der Waals surface area (Å²) >= 11 is 2.92. The third-order valence-electron chi connectivity index (χ3n) is 5.94. The molecule has 0 N–H and O–H groups in total. The molecule has 0 saturated carbocycles. The van der Waals surface area contributed by atoms with Crippen LogP contribution >= 0.6 is 23.1 Å². The van der Waals surface area contributed by atoms with Crippen molar-refractivity contribution < 1.29 is 9.21 Å². The van der Waals surface area contributed by atoms with E-state index in [1.54, 1.807) is 27.9 Å². The first kappa shape index (κ1) is 22.0. The number of amides is 1. The molecule has 4 aromatic rings. The number of aryl methyl sites for hydroxylation is 4. The molecule has 170 valence electrons. The first-order valence-corrected chi connectivity index (χ1v) is 12.8. The summed E-state index contributed by atoms with van der Waals surface area (Å²) in [5.41, 5.74) is 3.01. The second kappa shape index (κ2) is 8.83. The van der Waals surface area contributed by atoms with Crippen molar-refractivity contribution in [1.29, 1.82) is 0 Å². The van der Waals surface area contributed by atoms with Crippen LogP contribution in [0.1, 0.15) is 33.9 Å². The van der Waals surface area contributed by atoms with E-state index in [2.05, 4.69) is 0 Å². The largest absolute Gasteiger partial charge is 0.464 e.